The fourth-order valence-corrected chi connectivity index (χ4v) is 11.7. The molecule has 6 aromatic rings. The van der Waals surface area contributed by atoms with Crippen molar-refractivity contribution in [3.8, 4) is 11.5 Å². The van der Waals surface area contributed by atoms with Crippen molar-refractivity contribution in [2.45, 2.75) is 5.54 Å². The van der Waals surface area contributed by atoms with Crippen molar-refractivity contribution in [2.75, 3.05) is 0 Å². The van der Waals surface area contributed by atoms with E-state index in [0.717, 1.165) is 32.2 Å². The lowest BCUT2D eigenvalue weighted by molar-refractivity contribution is 0.480. The van der Waals surface area contributed by atoms with Crippen LogP contribution in [0.2, 0.25) is 0 Å². The third kappa shape index (κ3) is 4.53. The van der Waals surface area contributed by atoms with Crippen molar-refractivity contribution >= 4 is 48.8 Å². The summed E-state index contributed by atoms with van der Waals surface area (Å²) in [6.07, 6.45) is 0. The molecule has 2 radical (unpaired) electrons. The van der Waals surface area contributed by atoms with Gasteiger partial charge in [0.2, 0.25) is 0 Å². The summed E-state index contributed by atoms with van der Waals surface area (Å²) in [5.74, 6) is 0.564. The first-order valence-corrected chi connectivity index (χ1v) is 15.5. The monoisotopic (exact) mass is 512 g/mol. The van der Waals surface area contributed by atoms with Crippen molar-refractivity contribution in [3.63, 3.8) is 0 Å². The second-order valence-corrected chi connectivity index (χ2v) is 13.5. The highest BCUT2D eigenvalue weighted by atomic mass is 31.4. The number of phenols is 2. The topological polar surface area (TPSA) is 40.5 Å². The Morgan fingerprint density at radius 3 is 1.32 bits per heavy atom. The zero-order chi connectivity index (χ0) is 25.2. The van der Waals surface area contributed by atoms with E-state index in [1.165, 1.54) is 11.1 Å². The number of aromatic hydroxyl groups is 2. The Labute approximate surface area is 220 Å². The minimum atomic E-state index is -1.15. The van der Waals surface area contributed by atoms with Crippen LogP contribution < -0.4 is 10.6 Å². The molecule has 0 unspecified atom stereocenters. The average molecular weight is 513 g/mol. The first kappa shape index (κ1) is 23.5. The Balaban J connectivity index is 1.64. The van der Waals surface area contributed by atoms with Crippen molar-refractivity contribution in [1.29, 1.82) is 0 Å². The third-order valence-corrected chi connectivity index (χ3v) is 12.6. The average Bonchev–Trinajstić information content (AvgIpc) is 2.95. The van der Waals surface area contributed by atoms with Gasteiger partial charge in [0.15, 0.2) is 0 Å². The van der Waals surface area contributed by atoms with Gasteiger partial charge in [-0.3, -0.25) is 0 Å². The largest absolute Gasteiger partial charge is 0.507 e. The summed E-state index contributed by atoms with van der Waals surface area (Å²) in [6.45, 7) is 0. The quantitative estimate of drug-likeness (QED) is 0.182. The highest BCUT2D eigenvalue weighted by molar-refractivity contribution is 7.98. The molecule has 0 aliphatic rings. The second-order valence-electron chi connectivity index (χ2n) is 9.03. The van der Waals surface area contributed by atoms with E-state index in [2.05, 4.69) is 72.8 Å². The Morgan fingerprint density at radius 1 is 0.459 bits per heavy atom. The molecular formula is C33H25O2PSi. The minimum absolute atomic E-state index is 0.116. The van der Waals surface area contributed by atoms with Gasteiger partial charge in [-0.2, -0.15) is 0 Å². The van der Waals surface area contributed by atoms with Crippen LogP contribution in [0, 0.1) is 0 Å². The fourth-order valence-electron chi connectivity index (χ4n) is 4.96. The van der Waals surface area contributed by atoms with Gasteiger partial charge in [0, 0.05) is 16.2 Å². The maximum Gasteiger partial charge on any atom is 0.123 e. The Hall–Kier alpha value is -3.91. The summed E-state index contributed by atoms with van der Waals surface area (Å²) in [6, 6.07) is 45.2. The predicted molar refractivity (Wildman–Crippen MR) is 158 cm³/mol. The third-order valence-electron chi connectivity index (χ3n) is 6.73. The summed E-state index contributed by atoms with van der Waals surface area (Å²) in [5.41, 5.74) is 2.59. The van der Waals surface area contributed by atoms with E-state index < -0.39 is 7.47 Å². The number of fused-ring (bicyclic) bond motifs is 2. The standard InChI is InChI=1S/C33H25O2PSi/c34-29-21-19-23-11-7-9-17-27(23)31(29)36(32-28-18-10-8-12-24(28)20-22-30(32)35)37-33(25-13-3-1-4-14-25)26-15-5-2-6-16-26/h1-22,33-35H. The molecule has 0 aliphatic carbocycles. The van der Waals surface area contributed by atoms with Gasteiger partial charge in [-0.25, -0.2) is 0 Å². The second kappa shape index (κ2) is 10.2. The van der Waals surface area contributed by atoms with Crippen LogP contribution in [-0.4, -0.2) is 19.4 Å². The molecule has 0 spiro atoms. The van der Waals surface area contributed by atoms with Crippen LogP contribution in [-0.2, 0) is 0 Å². The molecule has 2 N–H and O–H groups in total. The first-order valence-electron chi connectivity index (χ1n) is 12.3. The van der Waals surface area contributed by atoms with Crippen molar-refractivity contribution < 1.29 is 10.2 Å². The molecule has 0 saturated heterocycles. The van der Waals surface area contributed by atoms with Gasteiger partial charge >= 0.3 is 0 Å². The summed E-state index contributed by atoms with van der Waals surface area (Å²) < 4.78 is 0. The number of hydrogen-bond acceptors (Lipinski definition) is 2. The molecule has 0 fully saturated rings. The molecule has 6 rings (SSSR count). The van der Waals surface area contributed by atoms with E-state index in [1.807, 2.05) is 48.5 Å². The normalized spacial score (nSPS) is 11.5. The molecule has 0 atom stereocenters. The predicted octanol–water partition coefficient (Wildman–Crippen LogP) is 7.25. The zero-order valence-corrected chi connectivity index (χ0v) is 22.0. The molecule has 0 saturated carbocycles. The van der Waals surface area contributed by atoms with E-state index in [4.69, 9.17) is 0 Å². The zero-order valence-electron chi connectivity index (χ0n) is 20.1. The maximum atomic E-state index is 11.4. The summed E-state index contributed by atoms with van der Waals surface area (Å²) in [4.78, 5) is 0. The van der Waals surface area contributed by atoms with E-state index in [0.29, 0.717) is 9.19 Å². The lowest BCUT2D eigenvalue weighted by Gasteiger charge is -2.28. The van der Waals surface area contributed by atoms with Gasteiger partial charge in [0.1, 0.15) is 20.7 Å². The van der Waals surface area contributed by atoms with Gasteiger partial charge in [0.25, 0.3) is 0 Å². The molecule has 178 valence electrons. The maximum absolute atomic E-state index is 11.4. The van der Waals surface area contributed by atoms with Gasteiger partial charge < -0.3 is 10.2 Å². The summed E-state index contributed by atoms with van der Waals surface area (Å²) >= 11 is 0. The van der Waals surface area contributed by atoms with Crippen LogP contribution in [0.1, 0.15) is 16.7 Å². The Morgan fingerprint density at radius 2 is 0.865 bits per heavy atom. The van der Waals surface area contributed by atoms with Gasteiger partial charge in [-0.05, 0) is 44.8 Å². The van der Waals surface area contributed by atoms with Crippen LogP contribution in [0.4, 0.5) is 0 Å². The summed E-state index contributed by atoms with van der Waals surface area (Å²) in [7, 11) is -0.763. The van der Waals surface area contributed by atoms with Crippen molar-refractivity contribution in [3.05, 3.63) is 145 Å². The van der Waals surface area contributed by atoms with Crippen molar-refractivity contribution in [2.24, 2.45) is 0 Å². The SMILES string of the molecule is Oc1ccc2ccccc2c1P([Si]C(c1ccccc1)c1ccccc1)c1c(O)ccc2ccccc12. The van der Waals surface area contributed by atoms with E-state index >= 15 is 0 Å². The lowest BCUT2D eigenvalue weighted by Crippen LogP contribution is -2.23. The van der Waals surface area contributed by atoms with Gasteiger partial charge in [-0.15, -0.1) is 0 Å². The first-order chi connectivity index (χ1) is 18.2. The Bertz CT molecular complexity index is 1560. The van der Waals surface area contributed by atoms with Crippen LogP contribution in [0.25, 0.3) is 21.5 Å². The number of phenolic OH excluding ortho intramolecular Hbond substituents is 2. The molecule has 0 bridgehead atoms. The lowest BCUT2D eigenvalue weighted by atomic mass is 10.0. The fraction of sp³-hybridized carbons (Fsp3) is 0.0303. The number of rotatable bonds is 6. The molecule has 0 heterocycles. The van der Waals surface area contributed by atoms with E-state index in [-0.39, 0.29) is 17.0 Å². The number of benzene rings is 6. The van der Waals surface area contributed by atoms with Gasteiger partial charge in [-0.1, -0.05) is 129 Å². The van der Waals surface area contributed by atoms with Gasteiger partial charge in [0.05, 0.1) is 0 Å². The highest BCUT2D eigenvalue weighted by Crippen LogP contribution is 2.47. The minimum Gasteiger partial charge on any atom is -0.507 e. The highest BCUT2D eigenvalue weighted by Gasteiger charge is 2.30. The van der Waals surface area contributed by atoms with Crippen LogP contribution >= 0.6 is 7.47 Å². The molecule has 0 aliphatic heterocycles. The molecule has 37 heavy (non-hydrogen) atoms. The van der Waals surface area contributed by atoms with Crippen LogP contribution in [0.3, 0.4) is 0 Å². The summed E-state index contributed by atoms with van der Waals surface area (Å²) in [5, 5.41) is 28.9. The molecule has 4 heteroatoms. The molecular weight excluding hydrogens is 487 g/mol. The van der Waals surface area contributed by atoms with Crippen molar-refractivity contribution in [1.82, 2.24) is 0 Å². The van der Waals surface area contributed by atoms with Crippen LogP contribution in [0.5, 0.6) is 11.5 Å². The molecule has 2 nitrogen and oxygen atoms in total. The molecule has 0 amide bonds. The Kier molecular flexibility index (Phi) is 6.49. The van der Waals surface area contributed by atoms with Crippen LogP contribution in [0.15, 0.2) is 133 Å². The molecule has 0 aromatic heterocycles. The van der Waals surface area contributed by atoms with E-state index in [1.54, 1.807) is 12.1 Å². The smallest absolute Gasteiger partial charge is 0.123 e. The molecule has 6 aromatic carbocycles. The number of hydrogen-bond donors (Lipinski definition) is 2. The van der Waals surface area contributed by atoms with E-state index in [9.17, 15) is 10.2 Å².